The number of fused-ring (bicyclic) bond motifs is 2. The second-order valence-corrected chi connectivity index (χ2v) is 9.14. The summed E-state index contributed by atoms with van der Waals surface area (Å²) in [5.41, 5.74) is 7.15. The van der Waals surface area contributed by atoms with Gasteiger partial charge in [0.2, 0.25) is 0 Å². The molecule has 156 valence electrons. The van der Waals surface area contributed by atoms with Gasteiger partial charge in [-0.25, -0.2) is 9.80 Å². The molecule has 1 aliphatic heterocycles. The molecule has 2 aromatic rings. The minimum Gasteiger partial charge on any atom is -0.306 e. The summed E-state index contributed by atoms with van der Waals surface area (Å²) in [6.07, 6.45) is 10.1. The summed E-state index contributed by atoms with van der Waals surface area (Å²) in [4.78, 5) is 13.3. The quantitative estimate of drug-likeness (QED) is 0.610. The summed E-state index contributed by atoms with van der Waals surface area (Å²) in [6, 6.07) is 15.1. The maximum atomic E-state index is 13.3. The van der Waals surface area contributed by atoms with Crippen LogP contribution in [-0.2, 0) is 12.8 Å². The van der Waals surface area contributed by atoms with Crippen molar-refractivity contribution in [3.05, 3.63) is 64.7 Å². The number of carbonyl (C=O) groups excluding carboxylic acids is 1. The van der Waals surface area contributed by atoms with Crippen LogP contribution in [0.4, 0.5) is 10.5 Å². The van der Waals surface area contributed by atoms with Gasteiger partial charge in [0.25, 0.3) is 0 Å². The molecule has 0 atom stereocenters. The molecule has 1 fully saturated rings. The number of hydrogen-bond acceptors (Lipinski definition) is 2. The Morgan fingerprint density at radius 1 is 0.933 bits per heavy atom. The molecule has 1 saturated carbocycles. The average molecular weight is 402 g/mol. The van der Waals surface area contributed by atoms with E-state index in [0.29, 0.717) is 5.92 Å². The Morgan fingerprint density at radius 3 is 2.33 bits per heavy atom. The second kappa shape index (κ2) is 8.25. The SMILES string of the molecule is Cc1ccc2c(c1)NC(=O)N(C1CCc3ccccc3CC1)N=C2C1CCCCC1. The van der Waals surface area contributed by atoms with E-state index in [1.807, 2.05) is 0 Å². The average Bonchev–Trinajstić information content (AvgIpc) is 3.06. The van der Waals surface area contributed by atoms with Crippen LogP contribution in [-0.4, -0.2) is 22.8 Å². The van der Waals surface area contributed by atoms with Crippen molar-refractivity contribution in [2.45, 2.75) is 70.8 Å². The van der Waals surface area contributed by atoms with Crippen molar-refractivity contribution in [1.29, 1.82) is 0 Å². The third-order valence-corrected chi connectivity index (χ3v) is 7.07. The van der Waals surface area contributed by atoms with Crippen LogP contribution in [0.15, 0.2) is 47.6 Å². The first-order valence-corrected chi connectivity index (χ1v) is 11.6. The standard InChI is InChI=1S/C26H31N3O/c1-18-11-16-23-24(17-18)27-26(30)29(28-25(23)21-9-3-2-4-10-21)22-14-12-19-7-5-6-8-20(19)13-15-22/h5-8,11,16-17,21-22H,2-4,9-10,12-15H2,1H3,(H,27,30). The molecular weight excluding hydrogens is 370 g/mol. The minimum atomic E-state index is -0.0800. The van der Waals surface area contributed by atoms with Crippen LogP contribution in [0.25, 0.3) is 0 Å². The largest absolute Gasteiger partial charge is 0.342 e. The van der Waals surface area contributed by atoms with Crippen molar-refractivity contribution in [3.63, 3.8) is 0 Å². The Morgan fingerprint density at radius 2 is 1.63 bits per heavy atom. The molecule has 2 aliphatic carbocycles. The van der Waals surface area contributed by atoms with Gasteiger partial charge in [0, 0.05) is 11.5 Å². The zero-order valence-electron chi connectivity index (χ0n) is 17.9. The van der Waals surface area contributed by atoms with E-state index in [1.165, 1.54) is 43.2 Å². The fraction of sp³-hybridized carbons (Fsp3) is 0.462. The van der Waals surface area contributed by atoms with Crippen LogP contribution in [0.2, 0.25) is 0 Å². The Hall–Kier alpha value is -2.62. The smallest absolute Gasteiger partial charge is 0.306 e. The van der Waals surface area contributed by atoms with E-state index in [0.717, 1.165) is 48.2 Å². The summed E-state index contributed by atoms with van der Waals surface area (Å²) in [6.45, 7) is 2.08. The van der Waals surface area contributed by atoms with Crippen molar-refractivity contribution in [2.75, 3.05) is 5.32 Å². The van der Waals surface area contributed by atoms with Gasteiger partial charge in [-0.3, -0.25) is 0 Å². The molecule has 4 heteroatoms. The third-order valence-electron chi connectivity index (χ3n) is 7.07. The highest BCUT2D eigenvalue weighted by atomic mass is 16.2. The molecule has 30 heavy (non-hydrogen) atoms. The Labute approximate surface area is 179 Å². The summed E-state index contributed by atoms with van der Waals surface area (Å²) < 4.78 is 0. The maximum absolute atomic E-state index is 13.3. The number of amides is 2. The number of carbonyl (C=O) groups is 1. The first-order chi connectivity index (χ1) is 14.7. The Balaban J connectivity index is 1.50. The lowest BCUT2D eigenvalue weighted by atomic mass is 9.82. The van der Waals surface area contributed by atoms with Crippen LogP contribution < -0.4 is 5.32 Å². The van der Waals surface area contributed by atoms with E-state index in [4.69, 9.17) is 5.10 Å². The molecule has 0 aromatic heterocycles. The molecule has 3 aliphatic rings. The van der Waals surface area contributed by atoms with Gasteiger partial charge >= 0.3 is 6.03 Å². The van der Waals surface area contributed by atoms with Gasteiger partial charge in [-0.05, 0) is 68.2 Å². The minimum absolute atomic E-state index is 0.0800. The van der Waals surface area contributed by atoms with Gasteiger partial charge in [0.05, 0.1) is 17.4 Å². The topological polar surface area (TPSA) is 44.7 Å². The molecule has 0 radical (unpaired) electrons. The van der Waals surface area contributed by atoms with E-state index in [-0.39, 0.29) is 12.1 Å². The van der Waals surface area contributed by atoms with Crippen LogP contribution in [0, 0.1) is 12.8 Å². The van der Waals surface area contributed by atoms with E-state index < -0.39 is 0 Å². The van der Waals surface area contributed by atoms with Gasteiger partial charge in [-0.1, -0.05) is 55.7 Å². The maximum Gasteiger partial charge on any atom is 0.342 e. The fourth-order valence-electron chi connectivity index (χ4n) is 5.38. The molecule has 4 nitrogen and oxygen atoms in total. The molecule has 0 unspecified atom stereocenters. The zero-order valence-corrected chi connectivity index (χ0v) is 17.9. The van der Waals surface area contributed by atoms with Gasteiger partial charge < -0.3 is 5.32 Å². The number of hydrogen-bond donors (Lipinski definition) is 1. The van der Waals surface area contributed by atoms with Crippen molar-refractivity contribution in [3.8, 4) is 0 Å². The van der Waals surface area contributed by atoms with Gasteiger partial charge in [-0.15, -0.1) is 0 Å². The highest BCUT2D eigenvalue weighted by Crippen LogP contribution is 2.34. The van der Waals surface area contributed by atoms with Crippen LogP contribution in [0.5, 0.6) is 0 Å². The number of urea groups is 1. The molecule has 0 spiro atoms. The monoisotopic (exact) mass is 401 g/mol. The van der Waals surface area contributed by atoms with Gasteiger partial charge in [-0.2, -0.15) is 5.10 Å². The Bertz CT molecular complexity index is 947. The van der Waals surface area contributed by atoms with E-state index in [9.17, 15) is 4.79 Å². The van der Waals surface area contributed by atoms with Crippen molar-refractivity contribution >= 4 is 17.4 Å². The van der Waals surface area contributed by atoms with E-state index >= 15 is 0 Å². The zero-order chi connectivity index (χ0) is 20.5. The summed E-state index contributed by atoms with van der Waals surface area (Å²) in [5, 5.41) is 10.1. The molecule has 1 heterocycles. The second-order valence-electron chi connectivity index (χ2n) is 9.14. The van der Waals surface area contributed by atoms with Crippen molar-refractivity contribution in [2.24, 2.45) is 11.0 Å². The first kappa shape index (κ1) is 19.3. The lowest BCUT2D eigenvalue weighted by Crippen LogP contribution is -2.39. The number of nitrogens with one attached hydrogen (secondary N) is 1. The summed E-state index contributed by atoms with van der Waals surface area (Å²) in [5.74, 6) is 0.443. The molecule has 0 bridgehead atoms. The van der Waals surface area contributed by atoms with Crippen molar-refractivity contribution in [1.82, 2.24) is 5.01 Å². The van der Waals surface area contributed by atoms with E-state index in [1.54, 1.807) is 5.01 Å². The number of nitrogens with zero attached hydrogens (tertiary/aromatic N) is 2. The number of aryl methyl sites for hydroxylation is 3. The highest BCUT2D eigenvalue weighted by molar-refractivity contribution is 6.11. The predicted molar refractivity (Wildman–Crippen MR) is 122 cm³/mol. The van der Waals surface area contributed by atoms with Crippen LogP contribution in [0.1, 0.15) is 67.2 Å². The number of rotatable bonds is 2. The summed E-state index contributed by atoms with van der Waals surface area (Å²) >= 11 is 0. The number of benzene rings is 2. The molecule has 1 N–H and O–H groups in total. The Kier molecular flexibility index (Phi) is 5.32. The molecule has 2 amide bonds. The fourth-order valence-corrected chi connectivity index (χ4v) is 5.38. The lowest BCUT2D eigenvalue weighted by molar-refractivity contribution is 0.183. The molecule has 5 rings (SSSR count). The van der Waals surface area contributed by atoms with E-state index in [2.05, 4.69) is 54.7 Å². The van der Waals surface area contributed by atoms with Crippen molar-refractivity contribution < 1.29 is 4.79 Å². The normalized spacial score (nSPS) is 20.5. The van der Waals surface area contributed by atoms with Gasteiger partial charge in [0.15, 0.2) is 0 Å². The molecular formula is C26H31N3O. The van der Waals surface area contributed by atoms with Crippen LogP contribution in [0.3, 0.4) is 0 Å². The number of hydrazone groups is 1. The van der Waals surface area contributed by atoms with Crippen LogP contribution >= 0.6 is 0 Å². The molecule has 0 saturated heterocycles. The number of anilines is 1. The van der Waals surface area contributed by atoms with Gasteiger partial charge in [0.1, 0.15) is 0 Å². The lowest BCUT2D eigenvalue weighted by Gasteiger charge is -2.28. The predicted octanol–water partition coefficient (Wildman–Crippen LogP) is 6.07. The summed E-state index contributed by atoms with van der Waals surface area (Å²) in [7, 11) is 0. The highest BCUT2D eigenvalue weighted by Gasteiger charge is 2.32. The molecule has 2 aromatic carbocycles. The third kappa shape index (κ3) is 3.76. The first-order valence-electron chi connectivity index (χ1n) is 11.6.